The van der Waals surface area contributed by atoms with Gasteiger partial charge in [0.15, 0.2) is 0 Å². The molecule has 30 heavy (non-hydrogen) atoms. The summed E-state index contributed by atoms with van der Waals surface area (Å²) in [6, 6.07) is 14.8. The predicted molar refractivity (Wildman–Crippen MR) is 115 cm³/mol. The number of hydrogen-bond acceptors (Lipinski definition) is 4. The summed E-state index contributed by atoms with van der Waals surface area (Å²) in [5, 5.41) is 9.17. The van der Waals surface area contributed by atoms with E-state index < -0.39 is 11.9 Å². The summed E-state index contributed by atoms with van der Waals surface area (Å²) in [6.45, 7) is 0.579. The molecular weight excluding hydrogens is 382 g/mol. The highest BCUT2D eigenvalue weighted by Crippen LogP contribution is 2.28. The van der Waals surface area contributed by atoms with Crippen LogP contribution in [0.25, 0.3) is 22.6 Å². The standard InChI is InChI=1S/C23H19N3O4/c1-25(20(27)9-10-21(28)29)17-7-8-18-19(14-17)24-22-16(11-12-26(22)23(18)30)13-15-5-3-2-4-6-15/h2-10,13-14H,11-12H2,1H3,(H,28,29). The smallest absolute Gasteiger partial charge is 0.328 e. The van der Waals surface area contributed by atoms with Gasteiger partial charge in [-0.05, 0) is 41.8 Å². The lowest BCUT2D eigenvalue weighted by Gasteiger charge is -2.16. The van der Waals surface area contributed by atoms with E-state index in [1.165, 1.54) is 11.9 Å². The van der Waals surface area contributed by atoms with Crippen LogP contribution in [0.3, 0.4) is 0 Å². The van der Waals surface area contributed by atoms with E-state index in [0.717, 1.165) is 29.7 Å². The molecule has 7 heteroatoms. The number of hydrogen-bond donors (Lipinski definition) is 1. The van der Waals surface area contributed by atoms with Crippen LogP contribution in [-0.2, 0) is 16.1 Å². The van der Waals surface area contributed by atoms with E-state index in [-0.39, 0.29) is 5.56 Å². The lowest BCUT2D eigenvalue weighted by Crippen LogP contribution is -2.25. The number of carboxylic acid groups (broad SMARTS) is 1. The molecule has 1 aromatic heterocycles. The second kappa shape index (κ2) is 7.79. The Morgan fingerprint density at radius 1 is 1.13 bits per heavy atom. The molecule has 0 aliphatic carbocycles. The third-order valence-corrected chi connectivity index (χ3v) is 5.06. The molecule has 2 aromatic carbocycles. The lowest BCUT2D eigenvalue weighted by atomic mass is 10.1. The Bertz CT molecular complexity index is 1270. The Morgan fingerprint density at radius 3 is 2.63 bits per heavy atom. The molecule has 150 valence electrons. The minimum Gasteiger partial charge on any atom is -0.478 e. The van der Waals surface area contributed by atoms with Crippen LogP contribution in [0.2, 0.25) is 0 Å². The van der Waals surface area contributed by atoms with Crippen LogP contribution in [0.1, 0.15) is 17.8 Å². The van der Waals surface area contributed by atoms with Gasteiger partial charge in [0, 0.05) is 31.4 Å². The zero-order valence-corrected chi connectivity index (χ0v) is 16.3. The van der Waals surface area contributed by atoms with Crippen LogP contribution in [-0.4, -0.2) is 33.6 Å². The molecule has 4 rings (SSSR count). The van der Waals surface area contributed by atoms with Gasteiger partial charge in [0.1, 0.15) is 5.82 Å². The molecule has 1 amide bonds. The molecule has 0 saturated heterocycles. The molecule has 0 spiro atoms. The minimum absolute atomic E-state index is 0.113. The second-order valence-electron chi connectivity index (χ2n) is 6.99. The summed E-state index contributed by atoms with van der Waals surface area (Å²) in [7, 11) is 1.54. The fourth-order valence-electron chi connectivity index (χ4n) is 3.48. The molecule has 0 saturated carbocycles. The van der Waals surface area contributed by atoms with Crippen molar-refractivity contribution in [2.45, 2.75) is 13.0 Å². The molecule has 0 radical (unpaired) electrons. The zero-order valence-electron chi connectivity index (χ0n) is 16.3. The summed E-state index contributed by atoms with van der Waals surface area (Å²) in [5.41, 5.74) is 2.93. The first-order valence-corrected chi connectivity index (χ1v) is 9.43. The van der Waals surface area contributed by atoms with Crippen molar-refractivity contribution >= 4 is 40.1 Å². The predicted octanol–water partition coefficient (Wildman–Crippen LogP) is 2.94. The van der Waals surface area contributed by atoms with Gasteiger partial charge in [0.05, 0.1) is 10.9 Å². The van der Waals surface area contributed by atoms with Crippen molar-refractivity contribution in [3.05, 3.63) is 82.4 Å². The molecule has 0 unspecified atom stereocenters. The summed E-state index contributed by atoms with van der Waals surface area (Å²) in [5.74, 6) is -1.05. The second-order valence-corrected chi connectivity index (χ2v) is 6.99. The Labute approximate surface area is 172 Å². The van der Waals surface area contributed by atoms with Crippen molar-refractivity contribution in [3.8, 4) is 0 Å². The number of aliphatic carboxylic acids is 1. The van der Waals surface area contributed by atoms with Crippen LogP contribution < -0.4 is 10.5 Å². The van der Waals surface area contributed by atoms with Crippen LogP contribution in [0.4, 0.5) is 5.69 Å². The normalized spacial score (nSPS) is 14.4. The van der Waals surface area contributed by atoms with Crippen LogP contribution in [0.5, 0.6) is 0 Å². The zero-order chi connectivity index (χ0) is 21.3. The number of carboxylic acids is 1. The van der Waals surface area contributed by atoms with Crippen molar-refractivity contribution in [2.24, 2.45) is 0 Å². The van der Waals surface area contributed by atoms with Crippen molar-refractivity contribution in [2.75, 3.05) is 11.9 Å². The number of carbonyl (C=O) groups excluding carboxylic acids is 1. The van der Waals surface area contributed by atoms with Crippen LogP contribution in [0, 0.1) is 0 Å². The molecule has 0 bridgehead atoms. The molecule has 2 heterocycles. The highest BCUT2D eigenvalue weighted by molar-refractivity contribution is 6.04. The maximum absolute atomic E-state index is 12.9. The number of amides is 1. The van der Waals surface area contributed by atoms with Crippen molar-refractivity contribution in [1.82, 2.24) is 9.55 Å². The number of likely N-dealkylation sites (N-methyl/N-ethyl adjacent to an activating group) is 1. The SMILES string of the molecule is CN(C(=O)C=CC(=O)O)c1ccc2c(=O)n3c(nc2c1)C(=Cc1ccccc1)CC3. The summed E-state index contributed by atoms with van der Waals surface area (Å²) >= 11 is 0. The Kier molecular flexibility index (Phi) is 5.02. The van der Waals surface area contributed by atoms with Gasteiger partial charge in [-0.15, -0.1) is 0 Å². The van der Waals surface area contributed by atoms with Crippen molar-refractivity contribution in [3.63, 3.8) is 0 Å². The van der Waals surface area contributed by atoms with E-state index in [4.69, 9.17) is 10.1 Å². The molecule has 0 atom stereocenters. The minimum atomic E-state index is -1.20. The van der Waals surface area contributed by atoms with Crippen molar-refractivity contribution in [1.29, 1.82) is 0 Å². The van der Waals surface area contributed by atoms with Gasteiger partial charge < -0.3 is 10.0 Å². The average molecular weight is 401 g/mol. The Hall–Kier alpha value is -4.00. The van der Waals surface area contributed by atoms with Gasteiger partial charge in [0.2, 0.25) is 0 Å². The first-order chi connectivity index (χ1) is 14.4. The number of benzene rings is 2. The Balaban J connectivity index is 1.76. The van der Waals surface area contributed by atoms with Gasteiger partial charge in [-0.1, -0.05) is 30.3 Å². The lowest BCUT2D eigenvalue weighted by molar-refractivity contribution is -0.131. The van der Waals surface area contributed by atoms with Crippen LogP contribution in [0.15, 0.2) is 65.5 Å². The molecule has 3 aromatic rings. The number of fused-ring (bicyclic) bond motifs is 2. The third-order valence-electron chi connectivity index (χ3n) is 5.06. The first kappa shape index (κ1) is 19.3. The van der Waals surface area contributed by atoms with E-state index in [1.54, 1.807) is 22.8 Å². The maximum Gasteiger partial charge on any atom is 0.328 e. The van der Waals surface area contributed by atoms with E-state index in [2.05, 4.69) is 0 Å². The van der Waals surface area contributed by atoms with E-state index in [9.17, 15) is 14.4 Å². The fraction of sp³-hybridized carbons (Fsp3) is 0.130. The summed E-state index contributed by atoms with van der Waals surface area (Å²) in [4.78, 5) is 41.8. The average Bonchev–Trinajstić information content (AvgIpc) is 3.14. The number of allylic oxidation sites excluding steroid dienone is 1. The summed E-state index contributed by atoms with van der Waals surface area (Å²) in [6.07, 6.45) is 4.53. The number of aromatic nitrogens is 2. The van der Waals surface area contributed by atoms with E-state index >= 15 is 0 Å². The highest BCUT2D eigenvalue weighted by Gasteiger charge is 2.21. The molecule has 1 aliphatic rings. The molecule has 1 aliphatic heterocycles. The fourth-order valence-corrected chi connectivity index (χ4v) is 3.48. The van der Waals surface area contributed by atoms with Crippen molar-refractivity contribution < 1.29 is 14.7 Å². The summed E-state index contributed by atoms with van der Waals surface area (Å²) < 4.78 is 1.68. The molecular formula is C23H19N3O4. The monoisotopic (exact) mass is 401 g/mol. The third kappa shape index (κ3) is 3.65. The number of carbonyl (C=O) groups is 2. The van der Waals surface area contributed by atoms with Gasteiger partial charge >= 0.3 is 5.97 Å². The number of anilines is 1. The maximum atomic E-state index is 12.9. The quantitative estimate of drug-likeness (QED) is 0.679. The number of nitrogens with zero attached hydrogens (tertiary/aromatic N) is 3. The van der Waals surface area contributed by atoms with Gasteiger partial charge in [0.25, 0.3) is 11.5 Å². The van der Waals surface area contributed by atoms with Gasteiger partial charge in [-0.25, -0.2) is 9.78 Å². The largest absolute Gasteiger partial charge is 0.478 e. The molecule has 1 N–H and O–H groups in total. The molecule has 7 nitrogen and oxygen atoms in total. The van der Waals surface area contributed by atoms with Gasteiger partial charge in [-0.2, -0.15) is 0 Å². The van der Waals surface area contributed by atoms with Crippen LogP contribution >= 0.6 is 0 Å². The van der Waals surface area contributed by atoms with Gasteiger partial charge in [-0.3, -0.25) is 14.2 Å². The van der Waals surface area contributed by atoms with E-state index in [0.29, 0.717) is 29.0 Å². The molecule has 0 fully saturated rings. The Morgan fingerprint density at radius 2 is 1.90 bits per heavy atom. The first-order valence-electron chi connectivity index (χ1n) is 9.43. The topological polar surface area (TPSA) is 92.5 Å². The number of rotatable bonds is 4. The van der Waals surface area contributed by atoms with E-state index in [1.807, 2.05) is 36.4 Å². The highest BCUT2D eigenvalue weighted by atomic mass is 16.4.